The predicted octanol–water partition coefficient (Wildman–Crippen LogP) is 2.55. The lowest BCUT2D eigenvalue weighted by molar-refractivity contribution is 0.0912. The Hall–Kier alpha value is -0.0800. The van der Waals surface area contributed by atoms with Gasteiger partial charge in [0.25, 0.3) is 0 Å². The summed E-state index contributed by atoms with van der Waals surface area (Å²) in [6.45, 7) is 14.1. The molecule has 1 unspecified atom stereocenters. The van der Waals surface area contributed by atoms with E-state index in [2.05, 4.69) is 44.4 Å². The zero-order chi connectivity index (χ0) is 10.7. The summed E-state index contributed by atoms with van der Waals surface area (Å²) in [5.74, 6) is 0. The molecule has 0 radical (unpaired) electrons. The van der Waals surface area contributed by atoms with E-state index in [4.69, 9.17) is 0 Å². The molecule has 84 valence electrons. The van der Waals surface area contributed by atoms with Crippen LogP contribution in [0.2, 0.25) is 0 Å². The highest BCUT2D eigenvalue weighted by molar-refractivity contribution is 4.88. The fraction of sp³-hybridized carbons (Fsp3) is 1.00. The molecule has 0 N–H and O–H groups in total. The van der Waals surface area contributed by atoms with Gasteiger partial charge in [0.15, 0.2) is 0 Å². The minimum atomic E-state index is 0.678. The Morgan fingerprint density at radius 3 is 2.36 bits per heavy atom. The molecule has 0 aromatic carbocycles. The molecule has 14 heavy (non-hydrogen) atoms. The van der Waals surface area contributed by atoms with Gasteiger partial charge in [-0.3, -0.25) is 9.80 Å². The minimum absolute atomic E-state index is 0.678. The average Bonchev–Trinajstić information content (AvgIpc) is 2.42. The molecule has 0 amide bonds. The molecule has 1 fully saturated rings. The van der Waals surface area contributed by atoms with Crippen LogP contribution in [0.1, 0.15) is 47.5 Å². The summed E-state index contributed by atoms with van der Waals surface area (Å²) in [6, 6.07) is 1.41. The first-order chi connectivity index (χ1) is 6.61. The average molecular weight is 198 g/mol. The van der Waals surface area contributed by atoms with E-state index in [9.17, 15) is 0 Å². The summed E-state index contributed by atoms with van der Waals surface area (Å²) in [6.07, 6.45) is 3.21. The van der Waals surface area contributed by atoms with Crippen molar-refractivity contribution in [3.05, 3.63) is 0 Å². The molecule has 0 bridgehead atoms. The molecule has 1 aliphatic heterocycles. The first-order valence-electron chi connectivity index (χ1n) is 6.13. The summed E-state index contributed by atoms with van der Waals surface area (Å²) in [4.78, 5) is 5.31. The zero-order valence-electron chi connectivity index (χ0n) is 10.5. The summed E-state index contributed by atoms with van der Waals surface area (Å²) in [7, 11) is 0. The Labute approximate surface area is 89.3 Å². The Morgan fingerprint density at radius 1 is 1.29 bits per heavy atom. The molecule has 1 rings (SSSR count). The second kappa shape index (κ2) is 5.13. The van der Waals surface area contributed by atoms with Gasteiger partial charge >= 0.3 is 0 Å². The fourth-order valence-electron chi connectivity index (χ4n) is 2.89. The van der Waals surface area contributed by atoms with Crippen LogP contribution in [0, 0.1) is 0 Å². The number of hydrogen-bond acceptors (Lipinski definition) is 2. The molecule has 0 aliphatic carbocycles. The molecule has 1 aliphatic rings. The van der Waals surface area contributed by atoms with Crippen molar-refractivity contribution < 1.29 is 0 Å². The van der Waals surface area contributed by atoms with Gasteiger partial charge in [0.2, 0.25) is 0 Å². The smallest absolute Gasteiger partial charge is 0.0625 e. The van der Waals surface area contributed by atoms with Gasteiger partial charge in [-0.25, -0.2) is 0 Å². The fourth-order valence-corrected chi connectivity index (χ4v) is 2.89. The van der Waals surface area contributed by atoms with Gasteiger partial charge in [-0.1, -0.05) is 13.8 Å². The van der Waals surface area contributed by atoms with E-state index >= 15 is 0 Å². The van der Waals surface area contributed by atoms with Gasteiger partial charge in [-0.15, -0.1) is 0 Å². The zero-order valence-corrected chi connectivity index (χ0v) is 10.5. The maximum Gasteiger partial charge on any atom is 0.0625 e. The molecule has 0 aromatic rings. The summed E-state index contributed by atoms with van der Waals surface area (Å²) in [5, 5.41) is 0. The molecule has 2 atom stereocenters. The van der Waals surface area contributed by atoms with Crippen molar-refractivity contribution in [2.45, 2.75) is 65.7 Å². The Balaban J connectivity index is 2.67. The van der Waals surface area contributed by atoms with Gasteiger partial charge in [0, 0.05) is 18.6 Å². The molecule has 2 heteroatoms. The SMILES string of the molecule is CCCN1C[C@H](C)N(C(C)C)C1CC. The highest BCUT2D eigenvalue weighted by Gasteiger charge is 2.36. The third kappa shape index (κ3) is 2.29. The summed E-state index contributed by atoms with van der Waals surface area (Å²) < 4.78 is 0. The highest BCUT2D eigenvalue weighted by atomic mass is 15.4. The van der Waals surface area contributed by atoms with Crippen LogP contribution in [0.3, 0.4) is 0 Å². The van der Waals surface area contributed by atoms with E-state index in [0.717, 1.165) is 6.04 Å². The predicted molar refractivity (Wildman–Crippen MR) is 62.4 cm³/mol. The first-order valence-corrected chi connectivity index (χ1v) is 6.13. The largest absolute Gasteiger partial charge is 0.286 e. The van der Waals surface area contributed by atoms with Crippen LogP contribution in [0.5, 0.6) is 0 Å². The van der Waals surface area contributed by atoms with Crippen LogP contribution in [-0.4, -0.2) is 41.1 Å². The molecule has 0 aromatic heterocycles. The van der Waals surface area contributed by atoms with E-state index in [0.29, 0.717) is 12.2 Å². The van der Waals surface area contributed by atoms with E-state index < -0.39 is 0 Å². The third-order valence-electron chi connectivity index (χ3n) is 3.25. The molecular weight excluding hydrogens is 172 g/mol. The van der Waals surface area contributed by atoms with Crippen LogP contribution in [0.4, 0.5) is 0 Å². The number of hydrogen-bond donors (Lipinski definition) is 0. The molecule has 0 saturated carbocycles. The van der Waals surface area contributed by atoms with Crippen LogP contribution >= 0.6 is 0 Å². The lowest BCUT2D eigenvalue weighted by Gasteiger charge is -2.33. The molecule has 0 spiro atoms. The second-order valence-corrected chi connectivity index (χ2v) is 4.77. The lowest BCUT2D eigenvalue weighted by atomic mass is 10.2. The van der Waals surface area contributed by atoms with Crippen molar-refractivity contribution in [1.29, 1.82) is 0 Å². The molecular formula is C12H26N2. The van der Waals surface area contributed by atoms with E-state index in [1.807, 2.05) is 0 Å². The first kappa shape index (κ1) is 12.0. The van der Waals surface area contributed by atoms with Crippen molar-refractivity contribution in [2.24, 2.45) is 0 Å². The Bertz CT molecular complexity index is 168. The summed E-state index contributed by atoms with van der Waals surface area (Å²) >= 11 is 0. The number of nitrogens with zero attached hydrogens (tertiary/aromatic N) is 2. The number of rotatable bonds is 4. The summed E-state index contributed by atoms with van der Waals surface area (Å²) in [5.41, 5.74) is 0. The maximum atomic E-state index is 2.66. The van der Waals surface area contributed by atoms with Crippen LogP contribution in [0.25, 0.3) is 0 Å². The second-order valence-electron chi connectivity index (χ2n) is 4.77. The van der Waals surface area contributed by atoms with Crippen molar-refractivity contribution >= 4 is 0 Å². The van der Waals surface area contributed by atoms with Gasteiger partial charge in [-0.05, 0) is 40.2 Å². The topological polar surface area (TPSA) is 6.48 Å². The van der Waals surface area contributed by atoms with Crippen LogP contribution < -0.4 is 0 Å². The monoisotopic (exact) mass is 198 g/mol. The quantitative estimate of drug-likeness (QED) is 0.685. The maximum absolute atomic E-state index is 2.66. The highest BCUT2D eigenvalue weighted by Crippen LogP contribution is 2.25. The van der Waals surface area contributed by atoms with E-state index in [1.54, 1.807) is 0 Å². The standard InChI is InChI=1S/C12H26N2/c1-6-8-13-9-11(5)14(10(3)4)12(13)7-2/h10-12H,6-9H2,1-5H3/t11-,12?/m0/s1. The van der Waals surface area contributed by atoms with Crippen LogP contribution in [-0.2, 0) is 0 Å². The van der Waals surface area contributed by atoms with Gasteiger partial charge in [-0.2, -0.15) is 0 Å². The molecule has 1 heterocycles. The Kier molecular flexibility index (Phi) is 4.39. The van der Waals surface area contributed by atoms with E-state index in [1.165, 1.54) is 25.9 Å². The van der Waals surface area contributed by atoms with Gasteiger partial charge in [0.1, 0.15) is 0 Å². The van der Waals surface area contributed by atoms with Crippen LogP contribution in [0.15, 0.2) is 0 Å². The Morgan fingerprint density at radius 2 is 1.93 bits per heavy atom. The van der Waals surface area contributed by atoms with Crippen molar-refractivity contribution in [3.63, 3.8) is 0 Å². The normalized spacial score (nSPS) is 30.4. The van der Waals surface area contributed by atoms with E-state index in [-0.39, 0.29) is 0 Å². The van der Waals surface area contributed by atoms with Crippen molar-refractivity contribution in [1.82, 2.24) is 9.80 Å². The third-order valence-corrected chi connectivity index (χ3v) is 3.25. The molecule has 1 saturated heterocycles. The van der Waals surface area contributed by atoms with Gasteiger partial charge < -0.3 is 0 Å². The van der Waals surface area contributed by atoms with Gasteiger partial charge in [0.05, 0.1) is 6.17 Å². The van der Waals surface area contributed by atoms with Crippen molar-refractivity contribution in [2.75, 3.05) is 13.1 Å². The lowest BCUT2D eigenvalue weighted by Crippen LogP contribution is -2.43. The molecule has 2 nitrogen and oxygen atoms in total. The minimum Gasteiger partial charge on any atom is -0.286 e. The van der Waals surface area contributed by atoms with Crippen molar-refractivity contribution in [3.8, 4) is 0 Å².